The van der Waals surface area contributed by atoms with Crippen LogP contribution in [0.1, 0.15) is 50.6 Å². The lowest BCUT2D eigenvalue weighted by Crippen LogP contribution is -2.51. The van der Waals surface area contributed by atoms with E-state index in [2.05, 4.69) is 20.4 Å². The molecule has 0 unspecified atom stereocenters. The summed E-state index contributed by atoms with van der Waals surface area (Å²) < 4.78 is 19.2. The van der Waals surface area contributed by atoms with Crippen LogP contribution in [0.3, 0.4) is 0 Å². The van der Waals surface area contributed by atoms with E-state index in [-0.39, 0.29) is 6.61 Å². The van der Waals surface area contributed by atoms with Crippen molar-refractivity contribution in [3.8, 4) is 0 Å². The van der Waals surface area contributed by atoms with Crippen molar-refractivity contribution in [3.63, 3.8) is 0 Å². The van der Waals surface area contributed by atoms with Gasteiger partial charge in [0.2, 0.25) is 0 Å². The van der Waals surface area contributed by atoms with Gasteiger partial charge in [-0.3, -0.25) is 4.90 Å². The Labute approximate surface area is 189 Å². The second kappa shape index (κ2) is 10.4. The molecule has 2 N–H and O–H groups in total. The first-order chi connectivity index (χ1) is 15.5. The van der Waals surface area contributed by atoms with Crippen molar-refractivity contribution in [2.75, 3.05) is 39.3 Å². The molecule has 1 aromatic carbocycles. The summed E-state index contributed by atoms with van der Waals surface area (Å²) in [6, 6.07) is 5.44. The van der Waals surface area contributed by atoms with Gasteiger partial charge in [-0.05, 0) is 63.4 Å². The van der Waals surface area contributed by atoms with Crippen molar-refractivity contribution in [2.45, 2.75) is 51.1 Å². The fourth-order valence-electron chi connectivity index (χ4n) is 5.08. The van der Waals surface area contributed by atoms with Crippen molar-refractivity contribution in [3.05, 3.63) is 46.9 Å². The summed E-state index contributed by atoms with van der Waals surface area (Å²) in [6.07, 6.45) is 6.08. The van der Waals surface area contributed by atoms with Crippen LogP contribution >= 0.6 is 0 Å². The number of hydrogen-bond donors (Lipinski definition) is 2. The second-order valence-corrected chi connectivity index (χ2v) is 8.80. The number of rotatable bonds is 6. The molecule has 0 saturated carbocycles. The fraction of sp³-hybridized carbons (Fsp3) is 0.583. The molecule has 0 bridgehead atoms. The van der Waals surface area contributed by atoms with Gasteiger partial charge in [-0.15, -0.1) is 0 Å². The lowest BCUT2D eigenvalue weighted by molar-refractivity contribution is -0.139. The number of esters is 1. The maximum atomic E-state index is 13.9. The van der Waals surface area contributed by atoms with E-state index in [9.17, 15) is 14.0 Å². The highest BCUT2D eigenvalue weighted by Gasteiger charge is 2.35. The van der Waals surface area contributed by atoms with Gasteiger partial charge < -0.3 is 20.3 Å². The summed E-state index contributed by atoms with van der Waals surface area (Å²) >= 11 is 0. The number of halogens is 1. The Kier molecular flexibility index (Phi) is 7.42. The number of carbonyl (C=O) groups excluding carboxylic acids is 2. The van der Waals surface area contributed by atoms with E-state index < -0.39 is 23.9 Å². The van der Waals surface area contributed by atoms with Gasteiger partial charge in [-0.25, -0.2) is 14.0 Å². The molecule has 3 aliphatic heterocycles. The third-order valence-corrected chi connectivity index (χ3v) is 6.68. The van der Waals surface area contributed by atoms with Crippen molar-refractivity contribution in [1.29, 1.82) is 0 Å². The number of ether oxygens (including phenoxy) is 1. The zero-order valence-electron chi connectivity index (χ0n) is 18.7. The number of hydrogen-bond acceptors (Lipinski definition) is 5. The van der Waals surface area contributed by atoms with Gasteiger partial charge in [0.1, 0.15) is 5.82 Å². The Bertz CT molecular complexity index is 861. The number of piperidine rings is 2. The predicted octanol–water partition coefficient (Wildman–Crippen LogP) is 2.95. The molecule has 2 amide bonds. The van der Waals surface area contributed by atoms with E-state index in [1.165, 1.54) is 44.5 Å². The Morgan fingerprint density at radius 2 is 1.91 bits per heavy atom. The van der Waals surface area contributed by atoms with E-state index >= 15 is 0 Å². The molecule has 4 rings (SSSR count). The summed E-state index contributed by atoms with van der Waals surface area (Å²) in [5.41, 5.74) is 1.40. The lowest BCUT2D eigenvalue weighted by atomic mass is 9.94. The topological polar surface area (TPSA) is 73.9 Å². The lowest BCUT2D eigenvalue weighted by Gasteiger charge is -2.41. The van der Waals surface area contributed by atoms with Crippen LogP contribution in [0.4, 0.5) is 9.18 Å². The van der Waals surface area contributed by atoms with Crippen molar-refractivity contribution < 1.29 is 18.7 Å². The first-order valence-corrected chi connectivity index (χ1v) is 11.7. The quantitative estimate of drug-likeness (QED) is 0.660. The smallest absolute Gasteiger partial charge is 0.338 e. The van der Waals surface area contributed by atoms with Gasteiger partial charge >= 0.3 is 12.0 Å². The molecule has 8 heteroatoms. The van der Waals surface area contributed by atoms with Gasteiger partial charge in [-0.2, -0.15) is 0 Å². The zero-order chi connectivity index (χ0) is 22.5. The molecule has 1 atom stereocenters. The highest BCUT2D eigenvalue weighted by Crippen LogP contribution is 2.29. The minimum atomic E-state index is -0.751. The number of nitrogens with one attached hydrogen (secondary N) is 2. The predicted molar refractivity (Wildman–Crippen MR) is 119 cm³/mol. The van der Waals surface area contributed by atoms with Gasteiger partial charge in [0.15, 0.2) is 0 Å². The van der Waals surface area contributed by atoms with Crippen LogP contribution in [-0.4, -0.2) is 67.2 Å². The summed E-state index contributed by atoms with van der Waals surface area (Å²) in [6.45, 7) is 6.64. The van der Waals surface area contributed by atoms with Crippen LogP contribution in [0, 0.1) is 5.82 Å². The maximum absolute atomic E-state index is 13.9. The van der Waals surface area contributed by atoms with Crippen LogP contribution in [0.15, 0.2) is 35.5 Å². The molecule has 2 saturated heterocycles. The van der Waals surface area contributed by atoms with E-state index in [1.54, 1.807) is 19.1 Å². The van der Waals surface area contributed by atoms with Gasteiger partial charge in [0.25, 0.3) is 0 Å². The standard InChI is InChI=1S/C24H33FN4O3/c1-2-32-23(30)21-20(26-24(31)27-22(21)17-7-6-8-18(25)15-17)16-28-13-9-19(10-14-28)29-11-4-3-5-12-29/h6-8,15,19,22H,2-5,9-14,16H2,1H3,(H2,26,27,31)/t22-/m0/s1. The van der Waals surface area contributed by atoms with E-state index in [4.69, 9.17) is 4.74 Å². The Hall–Kier alpha value is -2.45. The average molecular weight is 445 g/mol. The third-order valence-electron chi connectivity index (χ3n) is 6.68. The summed E-state index contributed by atoms with van der Waals surface area (Å²) in [7, 11) is 0. The molecule has 3 heterocycles. The number of amides is 2. The van der Waals surface area contributed by atoms with Gasteiger partial charge in [0, 0.05) is 31.4 Å². The van der Waals surface area contributed by atoms with E-state index in [0.29, 0.717) is 29.4 Å². The van der Waals surface area contributed by atoms with Crippen molar-refractivity contribution in [2.24, 2.45) is 0 Å². The van der Waals surface area contributed by atoms with E-state index in [1.807, 2.05) is 0 Å². The van der Waals surface area contributed by atoms with Crippen LogP contribution in [0.5, 0.6) is 0 Å². The monoisotopic (exact) mass is 444 g/mol. The molecular weight excluding hydrogens is 411 g/mol. The molecule has 1 aromatic rings. The Morgan fingerprint density at radius 3 is 2.59 bits per heavy atom. The molecule has 0 radical (unpaired) electrons. The van der Waals surface area contributed by atoms with Crippen molar-refractivity contribution >= 4 is 12.0 Å². The Morgan fingerprint density at radius 1 is 1.16 bits per heavy atom. The fourth-order valence-corrected chi connectivity index (χ4v) is 5.08. The number of benzene rings is 1. The molecule has 2 fully saturated rings. The summed E-state index contributed by atoms with van der Waals surface area (Å²) in [5.74, 6) is -0.910. The first-order valence-electron chi connectivity index (χ1n) is 11.7. The first kappa shape index (κ1) is 22.7. The minimum Gasteiger partial charge on any atom is -0.463 e. The van der Waals surface area contributed by atoms with E-state index in [0.717, 1.165) is 25.9 Å². The summed E-state index contributed by atoms with van der Waals surface area (Å²) in [5, 5.41) is 5.59. The maximum Gasteiger partial charge on any atom is 0.338 e. The minimum absolute atomic E-state index is 0.223. The number of nitrogens with zero attached hydrogens (tertiary/aromatic N) is 2. The number of carbonyl (C=O) groups is 2. The highest BCUT2D eigenvalue weighted by molar-refractivity contribution is 5.95. The molecule has 32 heavy (non-hydrogen) atoms. The number of urea groups is 1. The van der Waals surface area contributed by atoms with Crippen LogP contribution in [-0.2, 0) is 9.53 Å². The van der Waals surface area contributed by atoms with Crippen LogP contribution in [0.25, 0.3) is 0 Å². The molecule has 0 aromatic heterocycles. The normalized spacial score (nSPS) is 23.6. The van der Waals surface area contributed by atoms with Crippen LogP contribution < -0.4 is 10.6 Å². The van der Waals surface area contributed by atoms with Gasteiger partial charge in [0.05, 0.1) is 18.2 Å². The van der Waals surface area contributed by atoms with Crippen LogP contribution in [0.2, 0.25) is 0 Å². The molecule has 174 valence electrons. The third kappa shape index (κ3) is 5.30. The Balaban J connectivity index is 1.52. The highest BCUT2D eigenvalue weighted by atomic mass is 19.1. The largest absolute Gasteiger partial charge is 0.463 e. The van der Waals surface area contributed by atoms with Gasteiger partial charge in [-0.1, -0.05) is 18.6 Å². The molecule has 0 aliphatic carbocycles. The molecule has 0 spiro atoms. The average Bonchev–Trinajstić information content (AvgIpc) is 2.80. The molecular formula is C24H33FN4O3. The molecule has 7 nitrogen and oxygen atoms in total. The zero-order valence-corrected chi connectivity index (χ0v) is 18.7. The second-order valence-electron chi connectivity index (χ2n) is 8.80. The SMILES string of the molecule is CCOC(=O)C1=C(CN2CCC(N3CCCCC3)CC2)NC(=O)N[C@H]1c1cccc(F)c1. The summed E-state index contributed by atoms with van der Waals surface area (Å²) in [4.78, 5) is 30.2. The molecule has 3 aliphatic rings. The number of likely N-dealkylation sites (tertiary alicyclic amines) is 2. The van der Waals surface area contributed by atoms with Crippen molar-refractivity contribution in [1.82, 2.24) is 20.4 Å².